The highest BCUT2D eigenvalue weighted by atomic mass is 16.6. The van der Waals surface area contributed by atoms with Gasteiger partial charge in [0.05, 0.1) is 16.6 Å². The summed E-state index contributed by atoms with van der Waals surface area (Å²) in [4.78, 5) is 21.9. The van der Waals surface area contributed by atoms with Gasteiger partial charge in [0.15, 0.2) is 0 Å². The third-order valence-electron chi connectivity index (χ3n) is 3.48. The summed E-state index contributed by atoms with van der Waals surface area (Å²) in [5, 5.41) is 23.1. The summed E-state index contributed by atoms with van der Waals surface area (Å²) < 4.78 is 5.55. The minimum absolute atomic E-state index is 0.0891. The van der Waals surface area contributed by atoms with Crippen LogP contribution in [0.1, 0.15) is 36.0 Å². The predicted molar refractivity (Wildman–Crippen MR) is 75.3 cm³/mol. The Labute approximate surface area is 122 Å². The second-order valence-electron chi connectivity index (χ2n) is 4.96. The molecule has 1 unspecified atom stereocenters. The smallest absolute Gasteiger partial charge is 0.311 e. The SMILES string of the molecule is O=C(NCCC1CCCCO1)c1cccc([N+](=O)[O-])c1O. The van der Waals surface area contributed by atoms with E-state index in [1.807, 2.05) is 0 Å². The molecule has 1 amide bonds. The summed E-state index contributed by atoms with van der Waals surface area (Å²) in [5.41, 5.74) is -0.563. The maximum atomic E-state index is 11.9. The highest BCUT2D eigenvalue weighted by Crippen LogP contribution is 2.29. The van der Waals surface area contributed by atoms with Gasteiger partial charge in [0.2, 0.25) is 5.75 Å². The number of nitro groups is 1. The van der Waals surface area contributed by atoms with Crippen LogP contribution in [0.25, 0.3) is 0 Å². The lowest BCUT2D eigenvalue weighted by Crippen LogP contribution is -2.29. The largest absolute Gasteiger partial charge is 0.502 e. The fourth-order valence-corrected chi connectivity index (χ4v) is 2.34. The number of rotatable bonds is 5. The zero-order valence-electron chi connectivity index (χ0n) is 11.6. The van der Waals surface area contributed by atoms with Crippen molar-refractivity contribution >= 4 is 11.6 Å². The fraction of sp³-hybridized carbons (Fsp3) is 0.500. The van der Waals surface area contributed by atoms with Gasteiger partial charge < -0.3 is 15.2 Å². The summed E-state index contributed by atoms with van der Waals surface area (Å²) in [6.45, 7) is 1.16. The number of hydrogen-bond acceptors (Lipinski definition) is 5. The number of nitrogens with zero attached hydrogens (tertiary/aromatic N) is 1. The van der Waals surface area contributed by atoms with Crippen molar-refractivity contribution in [3.63, 3.8) is 0 Å². The Balaban J connectivity index is 1.91. The molecule has 7 nitrogen and oxygen atoms in total. The third kappa shape index (κ3) is 3.91. The van der Waals surface area contributed by atoms with E-state index in [1.165, 1.54) is 12.1 Å². The van der Waals surface area contributed by atoms with Crippen molar-refractivity contribution in [3.05, 3.63) is 33.9 Å². The summed E-state index contributed by atoms with van der Waals surface area (Å²) in [6.07, 6.45) is 4.03. The zero-order chi connectivity index (χ0) is 15.2. The molecule has 114 valence electrons. The average molecular weight is 294 g/mol. The number of aromatic hydroxyl groups is 1. The van der Waals surface area contributed by atoms with Gasteiger partial charge in [-0.2, -0.15) is 0 Å². The van der Waals surface area contributed by atoms with Crippen LogP contribution in [0.4, 0.5) is 5.69 Å². The van der Waals surface area contributed by atoms with E-state index >= 15 is 0 Å². The van der Waals surface area contributed by atoms with Crippen molar-refractivity contribution in [3.8, 4) is 5.75 Å². The van der Waals surface area contributed by atoms with E-state index in [0.29, 0.717) is 13.0 Å². The molecular formula is C14H18N2O5. The Kier molecular flexibility index (Phi) is 5.10. The lowest BCUT2D eigenvalue weighted by atomic mass is 10.1. The summed E-state index contributed by atoms with van der Waals surface area (Å²) >= 11 is 0. The van der Waals surface area contributed by atoms with Gasteiger partial charge in [0.1, 0.15) is 0 Å². The Morgan fingerprint density at radius 3 is 2.95 bits per heavy atom. The maximum absolute atomic E-state index is 11.9. The highest BCUT2D eigenvalue weighted by Gasteiger charge is 2.21. The van der Waals surface area contributed by atoms with Crippen LogP contribution in [-0.4, -0.2) is 35.2 Å². The molecule has 1 aliphatic rings. The molecule has 7 heteroatoms. The van der Waals surface area contributed by atoms with E-state index in [2.05, 4.69) is 5.32 Å². The first-order valence-electron chi connectivity index (χ1n) is 6.95. The topological polar surface area (TPSA) is 102 Å². The quantitative estimate of drug-likeness (QED) is 0.638. The molecular weight excluding hydrogens is 276 g/mol. The van der Waals surface area contributed by atoms with Crippen molar-refractivity contribution in [2.45, 2.75) is 31.8 Å². The minimum Gasteiger partial charge on any atom is -0.502 e. The van der Waals surface area contributed by atoms with Gasteiger partial charge in [-0.1, -0.05) is 6.07 Å². The lowest BCUT2D eigenvalue weighted by Gasteiger charge is -2.22. The van der Waals surface area contributed by atoms with E-state index in [9.17, 15) is 20.0 Å². The van der Waals surface area contributed by atoms with Crippen LogP contribution in [0.2, 0.25) is 0 Å². The van der Waals surface area contributed by atoms with Crippen LogP contribution < -0.4 is 5.32 Å². The maximum Gasteiger partial charge on any atom is 0.311 e. The van der Waals surface area contributed by atoms with Gasteiger partial charge in [-0.25, -0.2) is 0 Å². The van der Waals surface area contributed by atoms with Gasteiger partial charge in [-0.05, 0) is 31.7 Å². The second kappa shape index (κ2) is 7.03. The van der Waals surface area contributed by atoms with Crippen LogP contribution in [0.15, 0.2) is 18.2 Å². The average Bonchev–Trinajstić information content (AvgIpc) is 2.48. The van der Waals surface area contributed by atoms with E-state index in [1.54, 1.807) is 0 Å². The van der Waals surface area contributed by atoms with Gasteiger partial charge >= 0.3 is 5.69 Å². The van der Waals surface area contributed by atoms with Crippen LogP contribution in [-0.2, 0) is 4.74 Å². The molecule has 1 aromatic rings. The number of nitro benzene ring substituents is 1. The molecule has 1 heterocycles. The van der Waals surface area contributed by atoms with Crippen LogP contribution in [0.3, 0.4) is 0 Å². The number of hydrogen-bond donors (Lipinski definition) is 2. The van der Waals surface area contributed by atoms with Crippen molar-refractivity contribution in [1.29, 1.82) is 0 Å². The van der Waals surface area contributed by atoms with Crippen molar-refractivity contribution < 1.29 is 19.6 Å². The van der Waals surface area contributed by atoms with E-state index in [4.69, 9.17) is 4.74 Å². The lowest BCUT2D eigenvalue weighted by molar-refractivity contribution is -0.385. The molecule has 1 saturated heterocycles. The normalized spacial score (nSPS) is 18.2. The molecule has 1 atom stereocenters. The first-order chi connectivity index (χ1) is 10.1. The van der Waals surface area contributed by atoms with Crippen molar-refractivity contribution in [2.75, 3.05) is 13.2 Å². The zero-order valence-corrected chi connectivity index (χ0v) is 11.6. The summed E-state index contributed by atoms with van der Waals surface area (Å²) in [6, 6.07) is 3.88. The number of amides is 1. The number of carbonyl (C=O) groups excluding carboxylic acids is 1. The molecule has 0 bridgehead atoms. The molecule has 1 aromatic carbocycles. The number of ether oxygens (including phenoxy) is 1. The van der Waals surface area contributed by atoms with E-state index in [-0.39, 0.29) is 11.7 Å². The Morgan fingerprint density at radius 1 is 1.48 bits per heavy atom. The Bertz CT molecular complexity index is 526. The monoisotopic (exact) mass is 294 g/mol. The van der Waals surface area contributed by atoms with E-state index < -0.39 is 22.3 Å². The number of benzene rings is 1. The predicted octanol–water partition coefficient (Wildman–Crippen LogP) is 1.99. The van der Waals surface area contributed by atoms with Crippen LogP contribution >= 0.6 is 0 Å². The standard InChI is InChI=1S/C14H18N2O5/c17-13-11(5-3-6-12(13)16(19)20)14(18)15-8-7-10-4-1-2-9-21-10/h3,5-6,10,17H,1-2,4,7-9H2,(H,15,18). The van der Waals surface area contributed by atoms with Gasteiger partial charge in [-0.15, -0.1) is 0 Å². The molecule has 0 radical (unpaired) electrons. The van der Waals surface area contributed by atoms with Crippen molar-refractivity contribution in [2.24, 2.45) is 0 Å². The van der Waals surface area contributed by atoms with Crippen molar-refractivity contribution in [1.82, 2.24) is 5.32 Å². The Morgan fingerprint density at radius 2 is 2.29 bits per heavy atom. The van der Waals surface area contributed by atoms with Gasteiger partial charge in [0, 0.05) is 19.2 Å². The molecule has 2 N–H and O–H groups in total. The molecule has 0 aliphatic carbocycles. The first kappa shape index (κ1) is 15.2. The molecule has 0 saturated carbocycles. The third-order valence-corrected chi connectivity index (χ3v) is 3.48. The fourth-order valence-electron chi connectivity index (χ4n) is 2.34. The molecule has 0 spiro atoms. The van der Waals surface area contributed by atoms with Crippen LogP contribution in [0, 0.1) is 10.1 Å². The molecule has 0 aromatic heterocycles. The highest BCUT2D eigenvalue weighted by molar-refractivity contribution is 5.98. The molecule has 1 aliphatic heterocycles. The summed E-state index contributed by atoms with van der Waals surface area (Å²) in [7, 11) is 0. The number of phenolic OH excluding ortho intramolecular Hbond substituents is 1. The molecule has 1 fully saturated rings. The number of para-hydroxylation sites is 1. The molecule has 2 rings (SSSR count). The molecule has 21 heavy (non-hydrogen) atoms. The van der Waals surface area contributed by atoms with Crippen LogP contribution in [0.5, 0.6) is 5.75 Å². The first-order valence-corrected chi connectivity index (χ1v) is 6.95. The number of carbonyl (C=O) groups is 1. The second-order valence-corrected chi connectivity index (χ2v) is 4.96. The van der Waals surface area contributed by atoms with Gasteiger partial charge in [-0.3, -0.25) is 14.9 Å². The summed E-state index contributed by atoms with van der Waals surface area (Å²) in [5.74, 6) is -1.12. The van der Waals surface area contributed by atoms with E-state index in [0.717, 1.165) is 31.9 Å². The van der Waals surface area contributed by atoms with Gasteiger partial charge in [0.25, 0.3) is 5.91 Å². The number of phenols is 1. The Hall–Kier alpha value is -2.15. The minimum atomic E-state index is -0.720. The number of nitrogens with one attached hydrogen (secondary N) is 1.